The summed E-state index contributed by atoms with van der Waals surface area (Å²) in [5.41, 5.74) is -2.11. The van der Waals surface area contributed by atoms with Gasteiger partial charge in [-0.2, -0.15) is 26.3 Å². The fourth-order valence-electron chi connectivity index (χ4n) is 5.52. The number of ether oxygens (including phenoxy) is 2. The Labute approximate surface area is 278 Å². The summed E-state index contributed by atoms with van der Waals surface area (Å²) in [6.45, 7) is 9.89. The fraction of sp³-hybridized carbons (Fsp3) is 0.531. The van der Waals surface area contributed by atoms with E-state index in [1.807, 2.05) is 30.0 Å². The van der Waals surface area contributed by atoms with Crippen molar-refractivity contribution >= 4 is 30.7 Å². The van der Waals surface area contributed by atoms with E-state index in [1.54, 1.807) is 0 Å². The molecule has 1 amide bonds. The maximum atomic E-state index is 13.6. The van der Waals surface area contributed by atoms with E-state index in [-0.39, 0.29) is 43.0 Å². The number of aryl methyl sites for hydroxylation is 1. The van der Waals surface area contributed by atoms with Gasteiger partial charge in [0.05, 0.1) is 44.5 Å². The Balaban J connectivity index is 0.00000368. The van der Waals surface area contributed by atoms with Crippen LogP contribution in [0, 0.1) is 18.8 Å². The lowest BCUT2D eigenvalue weighted by Crippen LogP contribution is -2.56. The first kappa shape index (κ1) is 39.5. The summed E-state index contributed by atoms with van der Waals surface area (Å²) in [6, 6.07) is 6.04. The number of hydrogen-bond donors (Lipinski definition) is 0. The van der Waals surface area contributed by atoms with Crippen molar-refractivity contribution in [2.45, 2.75) is 51.1 Å². The van der Waals surface area contributed by atoms with Gasteiger partial charge in [-0.15, -0.1) is 24.8 Å². The molecule has 0 N–H and O–H groups in total. The van der Waals surface area contributed by atoms with Crippen molar-refractivity contribution in [2.75, 3.05) is 59.6 Å². The van der Waals surface area contributed by atoms with Crippen LogP contribution in [0.4, 0.5) is 26.3 Å². The molecule has 2 aromatic rings. The Kier molecular flexibility index (Phi) is 13.7. The van der Waals surface area contributed by atoms with Crippen LogP contribution in [0.3, 0.4) is 0 Å². The average Bonchev–Trinajstić information content (AvgIpc) is 2.95. The van der Waals surface area contributed by atoms with Crippen LogP contribution < -0.4 is 4.74 Å². The molecule has 2 aromatic carbocycles. The normalized spacial score (nSPS) is 18.9. The van der Waals surface area contributed by atoms with Crippen molar-refractivity contribution in [2.24, 2.45) is 0 Å². The molecule has 2 aliphatic rings. The Bertz CT molecular complexity index is 1380. The van der Waals surface area contributed by atoms with Gasteiger partial charge in [-0.25, -0.2) is 0 Å². The van der Waals surface area contributed by atoms with Crippen LogP contribution in [0.25, 0.3) is 0 Å². The fourth-order valence-corrected chi connectivity index (χ4v) is 5.52. The van der Waals surface area contributed by atoms with Gasteiger partial charge in [0.15, 0.2) is 0 Å². The van der Waals surface area contributed by atoms with Crippen LogP contribution in [0.2, 0.25) is 0 Å². The van der Waals surface area contributed by atoms with Gasteiger partial charge < -0.3 is 14.4 Å². The SMILES string of the molecule is COc1cc(CC2CN(CC#CCN3CCOCC3(C)C)CCN2C(=O)c2cc(C(F)(F)F)cc(C(F)(F)F)c2)ccc1C.Cl.Cl. The van der Waals surface area contributed by atoms with Crippen LogP contribution in [-0.2, 0) is 23.5 Å². The van der Waals surface area contributed by atoms with Crippen molar-refractivity contribution in [3.05, 3.63) is 64.2 Å². The van der Waals surface area contributed by atoms with Crippen molar-refractivity contribution < 1.29 is 40.6 Å². The molecule has 0 radical (unpaired) electrons. The Morgan fingerprint density at radius 1 is 0.957 bits per heavy atom. The van der Waals surface area contributed by atoms with Gasteiger partial charge in [0.2, 0.25) is 0 Å². The van der Waals surface area contributed by atoms with Gasteiger partial charge in [0, 0.05) is 43.3 Å². The number of morpholine rings is 1. The topological polar surface area (TPSA) is 45.2 Å². The summed E-state index contributed by atoms with van der Waals surface area (Å²) in [5.74, 6) is 6.16. The van der Waals surface area contributed by atoms with Crippen LogP contribution >= 0.6 is 24.8 Å². The predicted octanol–water partition coefficient (Wildman–Crippen LogP) is 6.37. The number of hydrogen-bond acceptors (Lipinski definition) is 5. The predicted molar refractivity (Wildman–Crippen MR) is 168 cm³/mol. The van der Waals surface area contributed by atoms with Crippen molar-refractivity contribution in [1.82, 2.24) is 14.7 Å². The smallest absolute Gasteiger partial charge is 0.416 e. The summed E-state index contributed by atoms with van der Waals surface area (Å²) in [4.78, 5) is 19.3. The van der Waals surface area contributed by atoms with E-state index in [9.17, 15) is 31.1 Å². The number of nitrogens with zero attached hydrogens (tertiary/aromatic N) is 3. The first-order chi connectivity index (χ1) is 20.6. The molecule has 0 aromatic heterocycles. The minimum atomic E-state index is -5.05. The van der Waals surface area contributed by atoms with Crippen LogP contribution in [0.1, 0.15) is 46.5 Å². The lowest BCUT2D eigenvalue weighted by Gasteiger charge is -2.41. The Morgan fingerprint density at radius 3 is 2.17 bits per heavy atom. The van der Waals surface area contributed by atoms with Crippen molar-refractivity contribution in [1.29, 1.82) is 0 Å². The summed E-state index contributed by atoms with van der Waals surface area (Å²) in [5, 5.41) is 0. The van der Waals surface area contributed by atoms with Gasteiger partial charge in [-0.3, -0.25) is 14.6 Å². The standard InChI is InChI=1S/C32H37F6N3O3.2ClH/c1-22-7-8-23(16-28(22)43-4)15-27-20-39(9-5-6-10-40-13-14-44-21-30(40,2)3)11-12-41(27)29(42)24-17-25(31(33,34)35)19-26(18-24)32(36,37)38;;/h7-8,16-19,27H,9-15,20-21H2,1-4H3;2*1H. The third-order valence-corrected chi connectivity index (χ3v) is 8.12. The highest BCUT2D eigenvalue weighted by molar-refractivity contribution is 5.95. The van der Waals surface area contributed by atoms with Crippen molar-refractivity contribution in [3.63, 3.8) is 0 Å². The van der Waals surface area contributed by atoms with Gasteiger partial charge in [-0.05, 0) is 62.6 Å². The Morgan fingerprint density at radius 2 is 1.59 bits per heavy atom. The summed E-state index contributed by atoms with van der Waals surface area (Å²) < 4.78 is 92.2. The number of alkyl halides is 6. The van der Waals surface area contributed by atoms with Gasteiger partial charge in [-0.1, -0.05) is 24.0 Å². The van der Waals surface area contributed by atoms with Gasteiger partial charge in [0.25, 0.3) is 5.91 Å². The molecule has 0 spiro atoms. The molecular formula is C32H39Cl2F6N3O3. The molecule has 0 aliphatic carbocycles. The molecule has 2 fully saturated rings. The highest BCUT2D eigenvalue weighted by Crippen LogP contribution is 2.37. The number of methoxy groups -OCH3 is 1. The van der Waals surface area contributed by atoms with Crippen molar-refractivity contribution in [3.8, 4) is 17.6 Å². The number of rotatable bonds is 6. The van der Waals surface area contributed by atoms with Crippen LogP contribution in [0.15, 0.2) is 36.4 Å². The molecule has 0 bridgehead atoms. The molecule has 256 valence electrons. The maximum Gasteiger partial charge on any atom is 0.416 e. The third-order valence-electron chi connectivity index (χ3n) is 8.12. The van der Waals surface area contributed by atoms with E-state index in [0.29, 0.717) is 63.7 Å². The van der Waals surface area contributed by atoms with Crippen LogP contribution in [-0.4, -0.2) is 91.8 Å². The monoisotopic (exact) mass is 697 g/mol. The number of benzene rings is 2. The molecule has 2 heterocycles. The first-order valence-corrected chi connectivity index (χ1v) is 14.3. The maximum absolute atomic E-state index is 13.6. The van der Waals surface area contributed by atoms with E-state index in [0.717, 1.165) is 17.7 Å². The number of carbonyl (C=O) groups excluding carboxylic acids is 1. The largest absolute Gasteiger partial charge is 0.496 e. The molecule has 1 unspecified atom stereocenters. The lowest BCUT2D eigenvalue weighted by atomic mass is 9.98. The molecule has 6 nitrogen and oxygen atoms in total. The first-order valence-electron chi connectivity index (χ1n) is 14.3. The zero-order chi connectivity index (χ0) is 32.3. The van der Waals surface area contributed by atoms with E-state index < -0.39 is 41.0 Å². The van der Waals surface area contributed by atoms with E-state index in [1.165, 1.54) is 12.0 Å². The molecule has 14 heteroatoms. The van der Waals surface area contributed by atoms with Crippen LogP contribution in [0.5, 0.6) is 5.75 Å². The number of piperazine rings is 1. The third kappa shape index (κ3) is 9.91. The number of carbonyl (C=O) groups is 1. The summed E-state index contributed by atoms with van der Waals surface area (Å²) in [6.07, 6.45) is -9.79. The lowest BCUT2D eigenvalue weighted by molar-refractivity contribution is -0.143. The zero-order valence-electron chi connectivity index (χ0n) is 26.1. The van der Waals surface area contributed by atoms with E-state index >= 15 is 0 Å². The highest BCUT2D eigenvalue weighted by atomic mass is 35.5. The summed E-state index contributed by atoms with van der Waals surface area (Å²) >= 11 is 0. The second-order valence-electron chi connectivity index (χ2n) is 11.8. The average molecular weight is 699 g/mol. The van der Waals surface area contributed by atoms with E-state index in [2.05, 4.69) is 30.6 Å². The quantitative estimate of drug-likeness (QED) is 0.260. The minimum Gasteiger partial charge on any atom is -0.496 e. The molecule has 4 rings (SSSR count). The molecule has 0 saturated carbocycles. The highest BCUT2D eigenvalue weighted by Gasteiger charge is 2.39. The number of amides is 1. The molecule has 46 heavy (non-hydrogen) atoms. The summed E-state index contributed by atoms with van der Waals surface area (Å²) in [7, 11) is 1.53. The Hall–Kier alpha value is -2.69. The van der Waals surface area contributed by atoms with Gasteiger partial charge >= 0.3 is 12.4 Å². The second kappa shape index (κ2) is 15.9. The zero-order valence-corrected chi connectivity index (χ0v) is 27.7. The van der Waals surface area contributed by atoms with Gasteiger partial charge in [0.1, 0.15) is 5.75 Å². The molecule has 1 atom stereocenters. The molecule has 2 aliphatic heterocycles. The van der Waals surface area contributed by atoms with E-state index in [4.69, 9.17) is 9.47 Å². The minimum absolute atomic E-state index is 0. The molecular weight excluding hydrogens is 659 g/mol. The molecule has 2 saturated heterocycles. The number of halogens is 8. The second-order valence-corrected chi connectivity index (χ2v) is 11.8.